The summed E-state index contributed by atoms with van der Waals surface area (Å²) in [5.74, 6) is 1.34. The molecule has 0 aliphatic heterocycles. The van der Waals surface area contributed by atoms with Crippen LogP contribution in [0.1, 0.15) is 38.2 Å². The molecule has 2 aromatic carbocycles. The number of unbranched alkanes of at least 4 members (excludes halogenated alkanes) is 2. The number of benzene rings is 2. The zero-order chi connectivity index (χ0) is 21.6. The number of amides is 1. The molecule has 0 aromatic heterocycles. The minimum absolute atomic E-state index is 0.00503. The molecule has 0 aliphatic carbocycles. The number of hydrogen-bond donors (Lipinski definition) is 2. The number of rotatable bonds is 13. The van der Waals surface area contributed by atoms with E-state index in [9.17, 15) is 9.59 Å². The SMILES string of the molecule is C=C(CSC(C)=O)NCCCCCC(=O)Nc1cccc(OCc2ccccc2)c1. The molecule has 0 bridgehead atoms. The van der Waals surface area contributed by atoms with Gasteiger partial charge in [-0.2, -0.15) is 0 Å². The zero-order valence-electron chi connectivity index (χ0n) is 17.5. The quantitative estimate of drug-likeness (QED) is 0.434. The van der Waals surface area contributed by atoms with E-state index in [2.05, 4.69) is 17.2 Å². The fourth-order valence-electron chi connectivity index (χ4n) is 2.72. The van der Waals surface area contributed by atoms with Crippen molar-refractivity contribution in [2.75, 3.05) is 17.6 Å². The molecule has 0 heterocycles. The highest BCUT2D eigenvalue weighted by molar-refractivity contribution is 8.13. The van der Waals surface area contributed by atoms with Crippen molar-refractivity contribution in [1.29, 1.82) is 0 Å². The van der Waals surface area contributed by atoms with E-state index in [0.717, 1.165) is 48.5 Å². The van der Waals surface area contributed by atoms with Crippen molar-refractivity contribution in [1.82, 2.24) is 5.32 Å². The fourth-order valence-corrected chi connectivity index (χ4v) is 3.20. The third-order valence-electron chi connectivity index (χ3n) is 4.27. The maximum Gasteiger partial charge on any atom is 0.224 e. The van der Waals surface area contributed by atoms with Gasteiger partial charge < -0.3 is 15.4 Å². The number of carbonyl (C=O) groups excluding carboxylic acids is 2. The van der Waals surface area contributed by atoms with Crippen LogP contribution in [-0.2, 0) is 16.2 Å². The van der Waals surface area contributed by atoms with Crippen LogP contribution in [0.2, 0.25) is 0 Å². The maximum absolute atomic E-state index is 12.2. The molecule has 0 atom stereocenters. The summed E-state index contributed by atoms with van der Waals surface area (Å²) in [6, 6.07) is 17.4. The third-order valence-corrected chi connectivity index (χ3v) is 5.17. The number of anilines is 1. The van der Waals surface area contributed by atoms with Gasteiger partial charge >= 0.3 is 0 Å². The minimum Gasteiger partial charge on any atom is -0.489 e. The number of hydrogen-bond acceptors (Lipinski definition) is 5. The average molecular weight is 427 g/mol. The summed E-state index contributed by atoms with van der Waals surface area (Å²) in [5.41, 5.74) is 2.71. The second-order valence-electron chi connectivity index (χ2n) is 6.97. The first kappa shape index (κ1) is 23.5. The van der Waals surface area contributed by atoms with E-state index < -0.39 is 0 Å². The number of thioether (sulfide) groups is 1. The van der Waals surface area contributed by atoms with E-state index in [1.807, 2.05) is 54.6 Å². The smallest absolute Gasteiger partial charge is 0.224 e. The second-order valence-corrected chi connectivity index (χ2v) is 8.12. The van der Waals surface area contributed by atoms with Gasteiger partial charge in [0.05, 0.1) is 0 Å². The van der Waals surface area contributed by atoms with Crippen LogP contribution in [0.25, 0.3) is 0 Å². The molecule has 30 heavy (non-hydrogen) atoms. The lowest BCUT2D eigenvalue weighted by Gasteiger charge is -2.10. The van der Waals surface area contributed by atoms with Gasteiger partial charge in [0.25, 0.3) is 0 Å². The Bertz CT molecular complexity index is 824. The van der Waals surface area contributed by atoms with E-state index >= 15 is 0 Å². The lowest BCUT2D eigenvalue weighted by Crippen LogP contribution is -2.16. The normalized spacial score (nSPS) is 10.3. The van der Waals surface area contributed by atoms with Crippen LogP contribution in [0.3, 0.4) is 0 Å². The molecule has 6 heteroatoms. The van der Waals surface area contributed by atoms with Gasteiger partial charge in [-0.25, -0.2) is 0 Å². The van der Waals surface area contributed by atoms with Gasteiger partial charge in [-0.15, -0.1) is 0 Å². The molecule has 0 saturated carbocycles. The van der Waals surface area contributed by atoms with Gasteiger partial charge in [0.1, 0.15) is 12.4 Å². The summed E-state index contributed by atoms with van der Waals surface area (Å²) in [4.78, 5) is 23.1. The molecule has 0 aliphatic rings. The minimum atomic E-state index is 0.00503. The molecule has 2 aromatic rings. The van der Waals surface area contributed by atoms with Crippen LogP contribution >= 0.6 is 11.8 Å². The van der Waals surface area contributed by atoms with Gasteiger partial charge in [-0.05, 0) is 30.5 Å². The standard InChI is InChI=1S/C24H30N2O3S/c1-19(18-30-20(2)27)25-15-8-4-7-14-24(28)26-22-12-9-13-23(16-22)29-17-21-10-5-3-6-11-21/h3,5-6,9-13,16,25H,1,4,7-8,14-15,17-18H2,2H3,(H,26,28). The molecular formula is C24H30N2O3S. The molecule has 5 nitrogen and oxygen atoms in total. The Balaban J connectivity index is 1.60. The number of carbonyl (C=O) groups is 2. The molecule has 0 saturated heterocycles. The Morgan fingerprint density at radius 2 is 1.83 bits per heavy atom. The van der Waals surface area contributed by atoms with Crippen LogP contribution in [0.5, 0.6) is 5.75 Å². The third kappa shape index (κ3) is 10.2. The predicted molar refractivity (Wildman–Crippen MR) is 125 cm³/mol. The average Bonchev–Trinajstić information content (AvgIpc) is 2.74. The molecule has 2 N–H and O–H groups in total. The summed E-state index contributed by atoms with van der Waals surface area (Å²) < 4.78 is 5.80. The largest absolute Gasteiger partial charge is 0.489 e. The van der Waals surface area contributed by atoms with Crippen molar-refractivity contribution >= 4 is 28.5 Å². The van der Waals surface area contributed by atoms with Crippen molar-refractivity contribution in [3.05, 3.63) is 72.4 Å². The highest BCUT2D eigenvalue weighted by Gasteiger charge is 2.04. The maximum atomic E-state index is 12.2. The first-order valence-electron chi connectivity index (χ1n) is 10.1. The highest BCUT2D eigenvalue weighted by atomic mass is 32.2. The molecule has 2 rings (SSSR count). The molecule has 0 radical (unpaired) electrons. The molecule has 0 unspecified atom stereocenters. The summed E-state index contributed by atoms with van der Waals surface area (Å²) in [6.07, 6.45) is 3.22. The van der Waals surface area contributed by atoms with Crippen LogP contribution < -0.4 is 15.4 Å². The summed E-state index contributed by atoms with van der Waals surface area (Å²) in [7, 11) is 0. The van der Waals surface area contributed by atoms with Gasteiger partial charge in [-0.1, -0.05) is 61.2 Å². The summed E-state index contributed by atoms with van der Waals surface area (Å²) >= 11 is 1.25. The predicted octanol–water partition coefficient (Wildman–Crippen LogP) is 5.15. The monoisotopic (exact) mass is 426 g/mol. The molecule has 0 fully saturated rings. The van der Waals surface area contributed by atoms with Gasteiger partial charge in [0.15, 0.2) is 5.12 Å². The molecule has 160 valence electrons. The molecular weight excluding hydrogens is 396 g/mol. The van der Waals surface area contributed by atoms with Crippen molar-refractivity contribution < 1.29 is 14.3 Å². The van der Waals surface area contributed by atoms with E-state index in [4.69, 9.17) is 4.74 Å². The highest BCUT2D eigenvalue weighted by Crippen LogP contribution is 2.19. The van der Waals surface area contributed by atoms with Crippen LogP contribution in [-0.4, -0.2) is 23.3 Å². The van der Waals surface area contributed by atoms with Crippen molar-refractivity contribution in [3.63, 3.8) is 0 Å². The number of nitrogens with one attached hydrogen (secondary N) is 2. The van der Waals surface area contributed by atoms with Gasteiger partial charge in [0.2, 0.25) is 5.91 Å². The Labute approximate surface area is 183 Å². The summed E-state index contributed by atoms with van der Waals surface area (Å²) in [6.45, 7) is 6.75. The van der Waals surface area contributed by atoms with Crippen LogP contribution in [0.4, 0.5) is 5.69 Å². The Hall–Kier alpha value is -2.73. The lowest BCUT2D eigenvalue weighted by atomic mass is 10.2. The van der Waals surface area contributed by atoms with Gasteiger partial charge in [-0.3, -0.25) is 9.59 Å². The number of ether oxygens (including phenoxy) is 1. The second kappa shape index (κ2) is 13.5. The van der Waals surface area contributed by atoms with Crippen molar-refractivity contribution in [2.24, 2.45) is 0 Å². The van der Waals surface area contributed by atoms with Crippen molar-refractivity contribution in [3.8, 4) is 5.75 Å². The van der Waals surface area contributed by atoms with Crippen LogP contribution in [0, 0.1) is 0 Å². The van der Waals surface area contributed by atoms with E-state index in [1.165, 1.54) is 11.8 Å². The summed E-state index contributed by atoms with van der Waals surface area (Å²) in [5, 5.41) is 6.24. The first-order chi connectivity index (χ1) is 14.5. The molecule has 0 spiro atoms. The van der Waals surface area contributed by atoms with E-state index in [1.54, 1.807) is 6.92 Å². The Morgan fingerprint density at radius 3 is 2.60 bits per heavy atom. The first-order valence-corrected chi connectivity index (χ1v) is 11.1. The van der Waals surface area contributed by atoms with Gasteiger partial charge in [0, 0.05) is 43.1 Å². The van der Waals surface area contributed by atoms with E-state index in [0.29, 0.717) is 18.8 Å². The Kier molecular flexibility index (Phi) is 10.6. The molecule has 1 amide bonds. The Morgan fingerprint density at radius 1 is 1.03 bits per heavy atom. The zero-order valence-corrected chi connectivity index (χ0v) is 18.3. The topological polar surface area (TPSA) is 67.4 Å². The fraction of sp³-hybridized carbons (Fsp3) is 0.333. The van der Waals surface area contributed by atoms with E-state index in [-0.39, 0.29) is 11.0 Å². The van der Waals surface area contributed by atoms with Crippen LogP contribution in [0.15, 0.2) is 66.9 Å². The van der Waals surface area contributed by atoms with Crippen molar-refractivity contribution in [2.45, 2.75) is 39.2 Å². The lowest BCUT2D eigenvalue weighted by molar-refractivity contribution is -0.116.